The molecule has 0 aromatic heterocycles. The third kappa shape index (κ3) is 3.28. The highest BCUT2D eigenvalue weighted by Gasteiger charge is 2.10. The lowest BCUT2D eigenvalue weighted by atomic mass is 9.94. The van der Waals surface area contributed by atoms with E-state index in [4.69, 9.17) is 10.2 Å². The lowest BCUT2D eigenvalue weighted by molar-refractivity contribution is 0.170. The fourth-order valence-electron chi connectivity index (χ4n) is 2.00. The molecule has 0 saturated carbocycles. The number of aliphatic hydroxyl groups is 2. The molecule has 0 amide bonds. The van der Waals surface area contributed by atoms with Crippen LogP contribution in [0, 0.1) is 27.7 Å². The van der Waals surface area contributed by atoms with Crippen LogP contribution in [0.1, 0.15) is 27.8 Å². The SMILES string of the molecule is Cc1cc(C)c(C)c(CNC(CO)CO)c1C. The minimum absolute atomic E-state index is 0.0423. The first-order valence-corrected chi connectivity index (χ1v) is 6.02. The minimum atomic E-state index is -0.241. The summed E-state index contributed by atoms with van der Waals surface area (Å²) in [6, 6.07) is 1.96. The summed E-state index contributed by atoms with van der Waals surface area (Å²) in [4.78, 5) is 0. The molecule has 96 valence electrons. The van der Waals surface area contributed by atoms with Gasteiger partial charge in [-0.25, -0.2) is 0 Å². The summed E-state index contributed by atoms with van der Waals surface area (Å²) < 4.78 is 0. The van der Waals surface area contributed by atoms with Crippen LogP contribution < -0.4 is 5.32 Å². The number of aryl methyl sites for hydroxylation is 2. The number of rotatable bonds is 5. The quantitative estimate of drug-likeness (QED) is 0.725. The molecule has 1 aromatic rings. The van der Waals surface area contributed by atoms with Crippen LogP contribution in [0.15, 0.2) is 6.07 Å². The molecule has 3 heteroatoms. The predicted octanol–water partition coefficient (Wildman–Crippen LogP) is 1.36. The first kappa shape index (κ1) is 14.2. The van der Waals surface area contributed by atoms with Gasteiger partial charge in [-0.05, 0) is 55.5 Å². The Balaban J connectivity index is 2.90. The van der Waals surface area contributed by atoms with Gasteiger partial charge in [0, 0.05) is 6.54 Å². The van der Waals surface area contributed by atoms with Crippen LogP contribution in [0.5, 0.6) is 0 Å². The Morgan fingerprint density at radius 2 is 1.47 bits per heavy atom. The van der Waals surface area contributed by atoms with Crippen LogP contribution >= 0.6 is 0 Å². The second-order valence-electron chi connectivity index (χ2n) is 4.68. The Kier molecular flexibility index (Phi) is 5.12. The van der Waals surface area contributed by atoms with Gasteiger partial charge >= 0.3 is 0 Å². The smallest absolute Gasteiger partial charge is 0.0607 e. The van der Waals surface area contributed by atoms with Crippen molar-refractivity contribution in [1.82, 2.24) is 5.32 Å². The monoisotopic (exact) mass is 237 g/mol. The third-order valence-corrected chi connectivity index (χ3v) is 3.53. The molecule has 3 N–H and O–H groups in total. The summed E-state index contributed by atoms with van der Waals surface area (Å²) in [6.45, 7) is 9.06. The molecule has 1 rings (SSSR count). The van der Waals surface area contributed by atoms with Gasteiger partial charge in [0.2, 0.25) is 0 Å². The van der Waals surface area contributed by atoms with Gasteiger partial charge in [0.1, 0.15) is 0 Å². The molecule has 0 aliphatic heterocycles. The van der Waals surface area contributed by atoms with E-state index in [1.54, 1.807) is 0 Å². The van der Waals surface area contributed by atoms with E-state index in [2.05, 4.69) is 39.1 Å². The van der Waals surface area contributed by atoms with E-state index < -0.39 is 0 Å². The van der Waals surface area contributed by atoms with E-state index in [9.17, 15) is 0 Å². The summed E-state index contributed by atoms with van der Waals surface area (Å²) in [5.74, 6) is 0. The predicted molar refractivity (Wildman–Crippen MR) is 70.2 cm³/mol. The van der Waals surface area contributed by atoms with Crippen molar-refractivity contribution in [3.8, 4) is 0 Å². The average molecular weight is 237 g/mol. The molecular formula is C14H23NO2. The molecular weight excluding hydrogens is 214 g/mol. The molecule has 0 atom stereocenters. The molecule has 0 unspecified atom stereocenters. The summed E-state index contributed by atoms with van der Waals surface area (Å²) >= 11 is 0. The first-order chi connectivity index (χ1) is 8.01. The molecule has 0 aliphatic carbocycles. The highest BCUT2D eigenvalue weighted by atomic mass is 16.3. The van der Waals surface area contributed by atoms with Crippen LogP contribution in [0.4, 0.5) is 0 Å². The maximum absolute atomic E-state index is 9.03. The van der Waals surface area contributed by atoms with Gasteiger partial charge in [-0.1, -0.05) is 6.07 Å². The minimum Gasteiger partial charge on any atom is -0.395 e. The van der Waals surface area contributed by atoms with Gasteiger partial charge < -0.3 is 15.5 Å². The van der Waals surface area contributed by atoms with Crippen molar-refractivity contribution < 1.29 is 10.2 Å². The average Bonchev–Trinajstić information content (AvgIpc) is 2.31. The van der Waals surface area contributed by atoms with Gasteiger partial charge in [-0.15, -0.1) is 0 Å². The zero-order chi connectivity index (χ0) is 13.0. The van der Waals surface area contributed by atoms with Crippen molar-refractivity contribution in [2.75, 3.05) is 13.2 Å². The Morgan fingerprint density at radius 1 is 1.00 bits per heavy atom. The second-order valence-corrected chi connectivity index (χ2v) is 4.68. The lowest BCUT2D eigenvalue weighted by Crippen LogP contribution is -2.35. The van der Waals surface area contributed by atoms with Crippen molar-refractivity contribution in [2.45, 2.75) is 40.3 Å². The Hall–Kier alpha value is -0.900. The lowest BCUT2D eigenvalue weighted by Gasteiger charge is -2.19. The van der Waals surface area contributed by atoms with Crippen molar-refractivity contribution in [1.29, 1.82) is 0 Å². The summed E-state index contributed by atoms with van der Waals surface area (Å²) in [5.41, 5.74) is 6.42. The standard InChI is InChI=1S/C14H23NO2/c1-9-5-10(2)12(4)14(11(9)3)6-15-13(7-16)8-17/h5,13,15-17H,6-8H2,1-4H3. The fraction of sp³-hybridized carbons (Fsp3) is 0.571. The van der Waals surface area contributed by atoms with E-state index in [1.165, 1.54) is 27.8 Å². The van der Waals surface area contributed by atoms with Gasteiger partial charge in [-0.3, -0.25) is 0 Å². The van der Waals surface area contributed by atoms with E-state index in [-0.39, 0.29) is 19.3 Å². The van der Waals surface area contributed by atoms with Crippen molar-refractivity contribution in [3.05, 3.63) is 33.9 Å². The summed E-state index contributed by atoms with van der Waals surface area (Å²) in [5, 5.41) is 21.2. The van der Waals surface area contributed by atoms with Gasteiger partial charge in [0.15, 0.2) is 0 Å². The molecule has 17 heavy (non-hydrogen) atoms. The first-order valence-electron chi connectivity index (χ1n) is 6.02. The normalized spacial score (nSPS) is 11.2. The van der Waals surface area contributed by atoms with Crippen LogP contribution in [0.2, 0.25) is 0 Å². The molecule has 0 bridgehead atoms. The van der Waals surface area contributed by atoms with Crippen molar-refractivity contribution >= 4 is 0 Å². The van der Waals surface area contributed by atoms with Crippen LogP contribution in [-0.4, -0.2) is 29.5 Å². The molecule has 1 aromatic carbocycles. The molecule has 0 fully saturated rings. The highest BCUT2D eigenvalue weighted by Crippen LogP contribution is 2.21. The zero-order valence-electron chi connectivity index (χ0n) is 11.2. The van der Waals surface area contributed by atoms with Crippen LogP contribution in [0.25, 0.3) is 0 Å². The topological polar surface area (TPSA) is 52.5 Å². The Morgan fingerprint density at radius 3 is 1.88 bits per heavy atom. The molecule has 0 aliphatic rings. The Bertz CT molecular complexity index is 358. The highest BCUT2D eigenvalue weighted by molar-refractivity contribution is 5.43. The number of nitrogens with one attached hydrogen (secondary N) is 1. The van der Waals surface area contributed by atoms with E-state index >= 15 is 0 Å². The van der Waals surface area contributed by atoms with E-state index in [0.29, 0.717) is 6.54 Å². The Labute approximate surface area is 103 Å². The molecule has 0 spiro atoms. The number of benzene rings is 1. The van der Waals surface area contributed by atoms with Crippen molar-refractivity contribution in [2.24, 2.45) is 0 Å². The second kappa shape index (κ2) is 6.15. The summed E-state index contributed by atoms with van der Waals surface area (Å²) in [7, 11) is 0. The van der Waals surface area contributed by atoms with Crippen LogP contribution in [-0.2, 0) is 6.54 Å². The van der Waals surface area contributed by atoms with Crippen molar-refractivity contribution in [3.63, 3.8) is 0 Å². The fourth-order valence-corrected chi connectivity index (χ4v) is 2.00. The number of hydrogen-bond donors (Lipinski definition) is 3. The number of aliphatic hydroxyl groups excluding tert-OH is 2. The van der Waals surface area contributed by atoms with E-state index in [0.717, 1.165) is 0 Å². The molecule has 0 radical (unpaired) electrons. The molecule has 0 heterocycles. The summed E-state index contributed by atoms with van der Waals surface area (Å²) in [6.07, 6.45) is 0. The van der Waals surface area contributed by atoms with Gasteiger partial charge in [0.05, 0.1) is 19.3 Å². The maximum Gasteiger partial charge on any atom is 0.0607 e. The zero-order valence-corrected chi connectivity index (χ0v) is 11.2. The maximum atomic E-state index is 9.03. The van der Waals surface area contributed by atoms with Gasteiger partial charge in [0.25, 0.3) is 0 Å². The van der Waals surface area contributed by atoms with E-state index in [1.807, 2.05) is 0 Å². The largest absolute Gasteiger partial charge is 0.395 e. The van der Waals surface area contributed by atoms with Crippen LogP contribution in [0.3, 0.4) is 0 Å². The number of hydrogen-bond acceptors (Lipinski definition) is 3. The van der Waals surface area contributed by atoms with Gasteiger partial charge in [-0.2, -0.15) is 0 Å². The molecule has 3 nitrogen and oxygen atoms in total. The molecule has 0 saturated heterocycles. The third-order valence-electron chi connectivity index (χ3n) is 3.53.